The highest BCUT2D eigenvalue weighted by atomic mass is 16.6. The van der Waals surface area contributed by atoms with Crippen molar-refractivity contribution in [3.05, 3.63) is 10.4 Å². The molecule has 0 saturated carbocycles. The Kier molecular flexibility index (Phi) is 2.37. The minimum absolute atomic E-state index is 0.0932. The molecule has 0 aliphatic carbocycles. The van der Waals surface area contributed by atoms with E-state index in [1.807, 2.05) is 0 Å². The molecule has 1 amide bonds. The number of nitrogens with zero attached hydrogens (tertiary/aromatic N) is 5. The topological polar surface area (TPSA) is 117 Å². The number of methoxy groups -OCH3 is 1. The van der Waals surface area contributed by atoms with E-state index in [-0.39, 0.29) is 12.4 Å². The van der Waals surface area contributed by atoms with Gasteiger partial charge in [0.2, 0.25) is 5.91 Å². The molecule has 0 spiro atoms. The Bertz CT molecular complexity index is 426. The normalized spacial score (nSPS) is 26.7. The Balaban J connectivity index is 2.23. The molecule has 2 atom stereocenters. The first-order valence-electron chi connectivity index (χ1n) is 4.36. The SMILES string of the molecule is COC(=O)C1=NOC[C@@H]2[C@H](N=[N+]=[N-])C(=O)N12. The maximum Gasteiger partial charge on any atom is 0.377 e. The van der Waals surface area contributed by atoms with E-state index < -0.39 is 24.0 Å². The van der Waals surface area contributed by atoms with Crippen LogP contribution in [0.2, 0.25) is 0 Å². The molecule has 9 nitrogen and oxygen atoms in total. The number of carbonyl (C=O) groups is 2. The van der Waals surface area contributed by atoms with Gasteiger partial charge in [-0.3, -0.25) is 9.69 Å². The van der Waals surface area contributed by atoms with Gasteiger partial charge < -0.3 is 9.57 Å². The van der Waals surface area contributed by atoms with Crippen LogP contribution in [-0.4, -0.2) is 48.4 Å². The number of carbonyl (C=O) groups excluding carboxylic acids is 2. The average molecular weight is 225 g/mol. The number of ether oxygens (including phenoxy) is 1. The van der Waals surface area contributed by atoms with Crippen LogP contribution >= 0.6 is 0 Å². The van der Waals surface area contributed by atoms with Gasteiger partial charge >= 0.3 is 5.97 Å². The molecule has 0 N–H and O–H groups in total. The lowest BCUT2D eigenvalue weighted by Crippen LogP contribution is -2.70. The van der Waals surface area contributed by atoms with E-state index in [4.69, 9.17) is 10.4 Å². The Labute approximate surface area is 89.2 Å². The van der Waals surface area contributed by atoms with Crippen LogP contribution in [0.3, 0.4) is 0 Å². The van der Waals surface area contributed by atoms with E-state index >= 15 is 0 Å². The molecule has 2 rings (SSSR count). The van der Waals surface area contributed by atoms with Crippen LogP contribution in [-0.2, 0) is 19.2 Å². The number of azide groups is 1. The lowest BCUT2D eigenvalue weighted by atomic mass is 9.96. The molecule has 0 unspecified atom stereocenters. The van der Waals surface area contributed by atoms with Gasteiger partial charge in [-0.2, -0.15) is 0 Å². The zero-order valence-corrected chi connectivity index (χ0v) is 8.23. The molecule has 0 aromatic heterocycles. The van der Waals surface area contributed by atoms with Gasteiger partial charge in [0.15, 0.2) is 0 Å². The Morgan fingerprint density at radius 1 is 1.81 bits per heavy atom. The van der Waals surface area contributed by atoms with Gasteiger partial charge in [-0.15, -0.1) is 0 Å². The van der Waals surface area contributed by atoms with Gasteiger partial charge in [0.05, 0.1) is 13.2 Å². The molecule has 9 heteroatoms. The van der Waals surface area contributed by atoms with Gasteiger partial charge in [0.1, 0.15) is 12.6 Å². The summed E-state index contributed by atoms with van der Waals surface area (Å²) < 4.78 is 4.44. The van der Waals surface area contributed by atoms with Gasteiger partial charge in [-0.1, -0.05) is 10.3 Å². The predicted molar refractivity (Wildman–Crippen MR) is 49.0 cm³/mol. The summed E-state index contributed by atoms with van der Waals surface area (Å²) in [5.41, 5.74) is 8.26. The molecule has 2 heterocycles. The van der Waals surface area contributed by atoms with Crippen molar-refractivity contribution in [2.75, 3.05) is 13.7 Å². The van der Waals surface area contributed by atoms with E-state index in [1.165, 1.54) is 7.11 Å². The predicted octanol–water partition coefficient (Wildman–Crippen LogP) is -0.607. The minimum Gasteiger partial charge on any atom is -0.463 e. The van der Waals surface area contributed by atoms with Crippen LogP contribution in [0, 0.1) is 0 Å². The average Bonchev–Trinajstić information content (AvgIpc) is 2.33. The summed E-state index contributed by atoms with van der Waals surface area (Å²) in [7, 11) is 1.17. The molecule has 2 aliphatic heterocycles. The fourth-order valence-corrected chi connectivity index (χ4v) is 1.58. The van der Waals surface area contributed by atoms with Crippen molar-refractivity contribution >= 4 is 17.7 Å². The maximum absolute atomic E-state index is 11.5. The van der Waals surface area contributed by atoms with E-state index in [0.717, 1.165) is 4.90 Å². The molecule has 0 aromatic rings. The lowest BCUT2D eigenvalue weighted by molar-refractivity contribution is -0.151. The molecule has 0 bridgehead atoms. The highest BCUT2D eigenvalue weighted by Crippen LogP contribution is 2.27. The van der Waals surface area contributed by atoms with Crippen LogP contribution in [0.15, 0.2) is 10.3 Å². The highest BCUT2D eigenvalue weighted by Gasteiger charge is 2.53. The highest BCUT2D eigenvalue weighted by molar-refractivity contribution is 6.39. The molecule has 16 heavy (non-hydrogen) atoms. The fraction of sp³-hybridized carbons (Fsp3) is 0.571. The number of hydrogen-bond acceptors (Lipinski definition) is 6. The van der Waals surface area contributed by atoms with E-state index in [1.54, 1.807) is 0 Å². The van der Waals surface area contributed by atoms with Crippen LogP contribution < -0.4 is 0 Å². The zero-order valence-electron chi connectivity index (χ0n) is 8.23. The van der Waals surface area contributed by atoms with Crippen molar-refractivity contribution < 1.29 is 19.2 Å². The summed E-state index contributed by atoms with van der Waals surface area (Å²) in [5.74, 6) is -1.46. The first kappa shape index (κ1) is 10.2. The molecule has 0 aromatic carbocycles. The van der Waals surface area contributed by atoms with Crippen molar-refractivity contribution in [1.82, 2.24) is 4.90 Å². The van der Waals surface area contributed by atoms with E-state index in [9.17, 15) is 9.59 Å². The Hall–Kier alpha value is -2.28. The molecule has 0 radical (unpaired) electrons. The van der Waals surface area contributed by atoms with Crippen molar-refractivity contribution in [2.24, 2.45) is 10.3 Å². The number of β-lactam (4-membered cyclic amide) rings is 1. The number of hydrogen-bond donors (Lipinski definition) is 0. The Morgan fingerprint density at radius 3 is 3.19 bits per heavy atom. The van der Waals surface area contributed by atoms with Crippen molar-refractivity contribution in [3.8, 4) is 0 Å². The van der Waals surface area contributed by atoms with Crippen LogP contribution in [0.4, 0.5) is 0 Å². The number of amidine groups is 1. The van der Waals surface area contributed by atoms with Gasteiger partial charge in [-0.25, -0.2) is 4.79 Å². The van der Waals surface area contributed by atoms with Crippen molar-refractivity contribution in [1.29, 1.82) is 0 Å². The van der Waals surface area contributed by atoms with Crippen molar-refractivity contribution in [2.45, 2.75) is 12.1 Å². The number of fused-ring (bicyclic) bond motifs is 1. The number of amides is 1. The zero-order chi connectivity index (χ0) is 11.7. The minimum atomic E-state index is -0.833. The summed E-state index contributed by atoms with van der Waals surface area (Å²) >= 11 is 0. The Morgan fingerprint density at radius 2 is 2.56 bits per heavy atom. The van der Waals surface area contributed by atoms with E-state index in [0.29, 0.717) is 0 Å². The standard InChI is InChI=1S/C7H7N5O4/c1-15-7(14)5-10-16-2-3-4(9-11-8)6(13)12(3)5/h3-4H,2H2,1H3/t3-,4+/m1/s1. The first-order chi connectivity index (χ1) is 7.70. The number of esters is 1. The third-order valence-corrected chi connectivity index (χ3v) is 2.36. The summed E-state index contributed by atoms with van der Waals surface area (Å²) in [6.45, 7) is 0.0932. The van der Waals surface area contributed by atoms with Crippen LogP contribution in [0.1, 0.15) is 0 Å². The van der Waals surface area contributed by atoms with Gasteiger partial charge in [0, 0.05) is 4.91 Å². The number of rotatable bonds is 2. The second kappa shape index (κ2) is 3.70. The molecule has 1 fully saturated rings. The largest absolute Gasteiger partial charge is 0.463 e. The summed E-state index contributed by atoms with van der Waals surface area (Å²) in [5, 5.41) is 6.76. The monoisotopic (exact) mass is 225 g/mol. The fourth-order valence-electron chi connectivity index (χ4n) is 1.58. The van der Waals surface area contributed by atoms with Crippen LogP contribution in [0.5, 0.6) is 0 Å². The van der Waals surface area contributed by atoms with Gasteiger partial charge in [0.25, 0.3) is 5.84 Å². The second-order valence-electron chi connectivity index (χ2n) is 3.13. The first-order valence-corrected chi connectivity index (χ1v) is 4.36. The summed E-state index contributed by atoms with van der Waals surface area (Å²) in [6, 6.07) is -1.31. The maximum atomic E-state index is 11.5. The lowest BCUT2D eigenvalue weighted by Gasteiger charge is -2.45. The molecule has 1 saturated heterocycles. The third kappa shape index (κ3) is 1.26. The van der Waals surface area contributed by atoms with Crippen LogP contribution in [0.25, 0.3) is 10.4 Å². The molecule has 2 aliphatic rings. The smallest absolute Gasteiger partial charge is 0.377 e. The van der Waals surface area contributed by atoms with Crippen molar-refractivity contribution in [3.63, 3.8) is 0 Å². The molecule has 84 valence electrons. The summed E-state index contributed by atoms with van der Waals surface area (Å²) in [6.07, 6.45) is 0. The summed E-state index contributed by atoms with van der Waals surface area (Å²) in [4.78, 5) is 31.2. The number of oxime groups is 1. The molecular weight excluding hydrogens is 218 g/mol. The van der Waals surface area contributed by atoms with Gasteiger partial charge in [-0.05, 0) is 5.53 Å². The molecular formula is C7H7N5O4. The quantitative estimate of drug-likeness (QED) is 0.205. The van der Waals surface area contributed by atoms with E-state index in [2.05, 4.69) is 19.9 Å². The third-order valence-electron chi connectivity index (χ3n) is 2.36. The second-order valence-corrected chi connectivity index (χ2v) is 3.13.